The molecule has 0 saturated heterocycles. The number of hydrogen-bond acceptors (Lipinski definition) is 8. The van der Waals surface area contributed by atoms with Crippen LogP contribution in [0.25, 0.3) is 0 Å². The van der Waals surface area contributed by atoms with Crippen LogP contribution in [0.4, 0.5) is 5.82 Å². The maximum atomic E-state index is 9.65. The zero-order chi connectivity index (χ0) is 24.8. The van der Waals surface area contributed by atoms with Crippen LogP contribution in [-0.4, -0.2) is 37.1 Å². The minimum absolute atomic E-state index is 0.244. The smallest absolute Gasteiger partial charge is 0.171 e. The average Bonchev–Trinajstić information content (AvgIpc) is 3.27. The minimum atomic E-state index is -0.424. The van der Waals surface area contributed by atoms with E-state index < -0.39 is 6.17 Å². The number of H-pyrrole nitrogens is 1. The first kappa shape index (κ1) is 24.4. The number of nitrogens with one attached hydrogen (secondary N) is 2. The predicted molar refractivity (Wildman–Crippen MR) is 137 cm³/mol. The standard InChI is InChI=1S/C26H33N7O2/c1-31-20(9-10-27)19-8-7-17(24-25(19)35-12-11-34-24)13-21(29)33-23(16-5-3-2-4-6-16)22-18(14-28)15-32-26(22)30/h5,7-10,15,21,23,32-33H,2-4,6,11-13,27,29-30H2,1H3. The normalized spacial score (nSPS) is 17.6. The Morgan fingerprint density at radius 3 is 2.77 bits per heavy atom. The molecule has 1 aliphatic carbocycles. The van der Waals surface area contributed by atoms with Gasteiger partial charge in [0, 0.05) is 36.4 Å². The van der Waals surface area contributed by atoms with Crippen LogP contribution < -0.4 is 32.0 Å². The van der Waals surface area contributed by atoms with Crippen molar-refractivity contribution in [1.82, 2.24) is 10.3 Å². The number of aromatic nitrogens is 1. The number of benzene rings is 1. The molecule has 1 aliphatic heterocycles. The van der Waals surface area contributed by atoms with E-state index in [1.54, 1.807) is 19.3 Å². The van der Waals surface area contributed by atoms with Gasteiger partial charge in [-0.15, -0.1) is 0 Å². The molecule has 8 N–H and O–H groups in total. The molecule has 0 bridgehead atoms. The van der Waals surface area contributed by atoms with Gasteiger partial charge in [-0.2, -0.15) is 5.26 Å². The summed E-state index contributed by atoms with van der Waals surface area (Å²) >= 11 is 0. The Bertz CT molecular complexity index is 1190. The van der Waals surface area contributed by atoms with Crippen LogP contribution in [0.1, 0.15) is 54.0 Å². The summed E-state index contributed by atoms with van der Waals surface area (Å²) in [5, 5.41) is 13.2. The van der Waals surface area contributed by atoms with Crippen LogP contribution in [0.5, 0.6) is 11.5 Å². The maximum Gasteiger partial charge on any atom is 0.171 e. The molecular formula is C26H33N7O2. The predicted octanol–water partition coefficient (Wildman–Crippen LogP) is 2.79. The number of anilines is 1. The molecule has 1 aromatic carbocycles. The van der Waals surface area contributed by atoms with Crippen molar-refractivity contribution in [1.29, 1.82) is 5.26 Å². The summed E-state index contributed by atoms with van der Waals surface area (Å²) in [6.45, 7) is 0.912. The van der Waals surface area contributed by atoms with E-state index in [2.05, 4.69) is 27.4 Å². The fraction of sp³-hybridized carbons (Fsp3) is 0.385. The van der Waals surface area contributed by atoms with Gasteiger partial charge in [-0.3, -0.25) is 10.3 Å². The van der Waals surface area contributed by atoms with E-state index in [-0.39, 0.29) is 6.04 Å². The number of ether oxygens (including phenoxy) is 2. The van der Waals surface area contributed by atoms with Crippen molar-refractivity contribution in [3.63, 3.8) is 0 Å². The van der Waals surface area contributed by atoms with Crippen molar-refractivity contribution < 1.29 is 9.47 Å². The molecule has 9 heteroatoms. The van der Waals surface area contributed by atoms with Gasteiger partial charge >= 0.3 is 0 Å². The van der Waals surface area contributed by atoms with E-state index in [1.807, 2.05) is 12.1 Å². The zero-order valence-electron chi connectivity index (χ0n) is 20.0. The minimum Gasteiger partial charge on any atom is -0.486 e. The first-order chi connectivity index (χ1) is 17.1. The lowest BCUT2D eigenvalue weighted by Crippen LogP contribution is -2.42. The highest BCUT2D eigenvalue weighted by atomic mass is 16.6. The lowest BCUT2D eigenvalue weighted by atomic mass is 9.88. The second kappa shape index (κ2) is 11.1. The number of nitrogens with zero attached hydrogens (tertiary/aromatic N) is 2. The highest BCUT2D eigenvalue weighted by molar-refractivity contribution is 6.11. The number of nitrogens with two attached hydrogens (primary N) is 3. The quantitative estimate of drug-likeness (QED) is 0.223. The highest BCUT2D eigenvalue weighted by Gasteiger charge is 2.28. The van der Waals surface area contributed by atoms with Gasteiger partial charge in [0.05, 0.1) is 23.5 Å². The number of nitrogen functional groups attached to an aromatic ring is 1. The van der Waals surface area contributed by atoms with Crippen LogP contribution in [0, 0.1) is 11.3 Å². The van der Waals surface area contributed by atoms with Gasteiger partial charge in [0.25, 0.3) is 0 Å². The number of hydrogen-bond donors (Lipinski definition) is 5. The Morgan fingerprint density at radius 1 is 1.29 bits per heavy atom. The molecule has 4 rings (SSSR count). The van der Waals surface area contributed by atoms with E-state index >= 15 is 0 Å². The van der Waals surface area contributed by atoms with Crippen molar-refractivity contribution in [2.75, 3.05) is 26.0 Å². The molecule has 184 valence electrons. The number of rotatable bonds is 8. The van der Waals surface area contributed by atoms with Gasteiger partial charge < -0.3 is 31.7 Å². The molecule has 0 radical (unpaired) electrons. The molecule has 0 fully saturated rings. The van der Waals surface area contributed by atoms with Crippen LogP contribution in [0.2, 0.25) is 0 Å². The van der Waals surface area contributed by atoms with Crippen molar-refractivity contribution in [2.24, 2.45) is 16.5 Å². The Morgan fingerprint density at radius 2 is 2.09 bits per heavy atom. The first-order valence-corrected chi connectivity index (χ1v) is 11.9. The third-order valence-corrected chi connectivity index (χ3v) is 6.42. The van der Waals surface area contributed by atoms with E-state index in [0.717, 1.165) is 42.4 Å². The van der Waals surface area contributed by atoms with E-state index in [9.17, 15) is 5.26 Å². The van der Waals surface area contributed by atoms with Gasteiger partial charge in [-0.1, -0.05) is 17.7 Å². The molecule has 35 heavy (non-hydrogen) atoms. The first-order valence-electron chi connectivity index (χ1n) is 11.9. The maximum absolute atomic E-state index is 9.65. The molecule has 0 amide bonds. The van der Waals surface area contributed by atoms with Crippen LogP contribution in [-0.2, 0) is 6.42 Å². The van der Waals surface area contributed by atoms with Gasteiger partial charge in [0.1, 0.15) is 25.1 Å². The van der Waals surface area contributed by atoms with E-state index in [0.29, 0.717) is 48.2 Å². The van der Waals surface area contributed by atoms with E-state index in [1.165, 1.54) is 11.8 Å². The molecule has 2 heterocycles. The van der Waals surface area contributed by atoms with Crippen LogP contribution >= 0.6 is 0 Å². The van der Waals surface area contributed by atoms with Gasteiger partial charge in [-0.05, 0) is 44.0 Å². The van der Waals surface area contributed by atoms with Gasteiger partial charge in [-0.25, -0.2) is 0 Å². The summed E-state index contributed by atoms with van der Waals surface area (Å²) in [5.41, 5.74) is 23.4. The average molecular weight is 476 g/mol. The van der Waals surface area contributed by atoms with E-state index in [4.69, 9.17) is 26.7 Å². The Labute approximate surface area is 205 Å². The topological polar surface area (TPSA) is 160 Å². The third-order valence-electron chi connectivity index (χ3n) is 6.42. The van der Waals surface area contributed by atoms with Crippen molar-refractivity contribution in [2.45, 2.75) is 44.3 Å². The molecule has 1 aromatic heterocycles. The lowest BCUT2D eigenvalue weighted by molar-refractivity contribution is 0.169. The molecule has 0 saturated carbocycles. The summed E-state index contributed by atoms with van der Waals surface area (Å²) in [6, 6.07) is 5.95. The molecule has 2 unspecified atom stereocenters. The summed E-state index contributed by atoms with van der Waals surface area (Å²) < 4.78 is 12.0. The van der Waals surface area contributed by atoms with Crippen molar-refractivity contribution in [3.8, 4) is 17.6 Å². The Balaban J connectivity index is 1.63. The number of aromatic amines is 1. The lowest BCUT2D eigenvalue weighted by Gasteiger charge is -2.29. The summed E-state index contributed by atoms with van der Waals surface area (Å²) in [5.74, 6) is 1.80. The fourth-order valence-electron chi connectivity index (χ4n) is 4.80. The van der Waals surface area contributed by atoms with Crippen molar-refractivity contribution in [3.05, 3.63) is 64.5 Å². The second-order valence-corrected chi connectivity index (χ2v) is 8.67. The molecule has 2 aliphatic rings. The fourth-order valence-corrected chi connectivity index (χ4v) is 4.80. The summed E-state index contributed by atoms with van der Waals surface area (Å²) in [6.07, 6.45) is 11.4. The van der Waals surface area contributed by atoms with Crippen molar-refractivity contribution >= 4 is 11.5 Å². The van der Waals surface area contributed by atoms with Gasteiger partial charge in [0.15, 0.2) is 11.5 Å². The molecule has 0 spiro atoms. The molecular weight excluding hydrogens is 442 g/mol. The highest BCUT2D eigenvalue weighted by Crippen LogP contribution is 2.39. The van der Waals surface area contributed by atoms with Gasteiger partial charge in [0.2, 0.25) is 0 Å². The molecule has 9 nitrogen and oxygen atoms in total. The second-order valence-electron chi connectivity index (χ2n) is 8.67. The summed E-state index contributed by atoms with van der Waals surface area (Å²) in [4.78, 5) is 7.31. The summed E-state index contributed by atoms with van der Waals surface area (Å²) in [7, 11) is 1.71. The largest absolute Gasteiger partial charge is 0.486 e. The molecule has 2 aromatic rings. The van der Waals surface area contributed by atoms with Crippen LogP contribution in [0.3, 0.4) is 0 Å². The number of allylic oxidation sites excluding steroid dienone is 2. The Kier molecular flexibility index (Phi) is 7.75. The zero-order valence-corrected chi connectivity index (χ0v) is 20.0. The monoisotopic (exact) mass is 475 g/mol. The van der Waals surface area contributed by atoms with Crippen LogP contribution in [0.15, 0.2) is 47.2 Å². The Hall–Kier alpha value is -3.74. The number of nitriles is 1. The molecule has 2 atom stereocenters. The SMILES string of the molecule is CN=C(C=CN)c1ccc(CC(N)NC(C2=CCCCC2)c2c(C#N)c[nH]c2N)c2c1OCCO2. The number of fused-ring (bicyclic) bond motifs is 1. The number of aliphatic imine (C=N–C) groups is 1. The third kappa shape index (κ3) is 5.19.